The van der Waals surface area contributed by atoms with Crippen molar-refractivity contribution in [1.29, 1.82) is 0 Å². The first-order chi connectivity index (χ1) is 13.2. The van der Waals surface area contributed by atoms with Crippen molar-refractivity contribution in [3.05, 3.63) is 64.5 Å². The third kappa shape index (κ3) is 5.27. The second-order valence-electron chi connectivity index (χ2n) is 10.6. The molecule has 0 bridgehead atoms. The fourth-order valence-electron chi connectivity index (χ4n) is 5.75. The van der Waals surface area contributed by atoms with Gasteiger partial charge in [0.1, 0.15) is 0 Å². The van der Waals surface area contributed by atoms with E-state index in [0.717, 1.165) is 13.3 Å². The minimum atomic E-state index is -0.903. The Bertz CT molecular complexity index is 827. The fraction of sp³-hybridized carbons (Fsp3) is 0.538. The molecule has 4 rings (SSSR count). The van der Waals surface area contributed by atoms with E-state index in [-0.39, 0.29) is 32.7 Å². The molecule has 0 aliphatic heterocycles. The number of fused-ring (bicyclic) bond motifs is 2. The molecule has 0 radical (unpaired) electrons. The molecule has 30 heavy (non-hydrogen) atoms. The van der Waals surface area contributed by atoms with E-state index in [4.69, 9.17) is 0 Å². The predicted molar refractivity (Wildman–Crippen MR) is 122 cm³/mol. The minimum Gasteiger partial charge on any atom is -1.00 e. The molecular formula is C26H35Cl2HfP. The SMILES string of the molecule is CC(C)(C)P(C1=Cc2ccccc2[CH]1[Hf+2][CH]1CCC2CC=CC=C21)C(C)(C)C.[Cl-].[Cl-]. The molecule has 3 aliphatic rings. The summed E-state index contributed by atoms with van der Waals surface area (Å²) in [5, 5.41) is 2.55. The quantitative estimate of drug-likeness (QED) is 0.357. The Morgan fingerprint density at radius 1 is 0.933 bits per heavy atom. The Labute approximate surface area is 209 Å². The third-order valence-electron chi connectivity index (χ3n) is 6.40. The largest absolute Gasteiger partial charge is 1.00 e. The Morgan fingerprint density at radius 2 is 1.60 bits per heavy atom. The van der Waals surface area contributed by atoms with Gasteiger partial charge in [0.05, 0.1) is 0 Å². The molecule has 162 valence electrons. The molecule has 0 spiro atoms. The van der Waals surface area contributed by atoms with Crippen LogP contribution in [0.25, 0.3) is 6.08 Å². The monoisotopic (exact) mass is 628 g/mol. The topological polar surface area (TPSA) is 0 Å². The van der Waals surface area contributed by atoms with E-state index < -0.39 is 22.9 Å². The summed E-state index contributed by atoms with van der Waals surface area (Å²) in [6, 6.07) is 9.34. The van der Waals surface area contributed by atoms with Gasteiger partial charge in [-0.3, -0.25) is 0 Å². The van der Waals surface area contributed by atoms with E-state index in [2.05, 4.69) is 90.1 Å². The molecule has 0 heterocycles. The summed E-state index contributed by atoms with van der Waals surface area (Å²) in [5.41, 5.74) is 5.05. The smallest absolute Gasteiger partial charge is 1.00 e. The van der Waals surface area contributed by atoms with Crippen molar-refractivity contribution in [3.8, 4) is 0 Å². The van der Waals surface area contributed by atoms with Crippen molar-refractivity contribution in [2.45, 2.75) is 78.5 Å². The molecule has 3 atom stereocenters. The molecule has 1 aromatic carbocycles. The van der Waals surface area contributed by atoms with Crippen LogP contribution in [0, 0.1) is 5.92 Å². The maximum absolute atomic E-state index is 2.64. The van der Waals surface area contributed by atoms with Crippen LogP contribution in [0.15, 0.2) is 53.4 Å². The number of hydrogen-bond acceptors (Lipinski definition) is 0. The van der Waals surface area contributed by atoms with Gasteiger partial charge in [0, 0.05) is 0 Å². The summed E-state index contributed by atoms with van der Waals surface area (Å²) in [5.74, 6) is 0.873. The molecule has 0 N–H and O–H groups in total. The number of hydrogen-bond donors (Lipinski definition) is 0. The van der Waals surface area contributed by atoms with Gasteiger partial charge in [-0.2, -0.15) is 0 Å². The molecule has 4 heteroatoms. The van der Waals surface area contributed by atoms with E-state index in [9.17, 15) is 0 Å². The van der Waals surface area contributed by atoms with Gasteiger partial charge in [0.25, 0.3) is 0 Å². The molecule has 0 saturated heterocycles. The van der Waals surface area contributed by atoms with Gasteiger partial charge in [-0.25, -0.2) is 0 Å². The number of rotatable bonds is 3. The van der Waals surface area contributed by atoms with Gasteiger partial charge in [0.2, 0.25) is 0 Å². The summed E-state index contributed by atoms with van der Waals surface area (Å²) in [6.07, 6.45) is 14.1. The molecule has 1 aromatic rings. The van der Waals surface area contributed by atoms with Crippen molar-refractivity contribution in [3.63, 3.8) is 0 Å². The van der Waals surface area contributed by atoms with E-state index in [1.165, 1.54) is 24.8 Å². The average molecular weight is 628 g/mol. The first-order valence-electron chi connectivity index (χ1n) is 10.9. The molecule has 0 amide bonds. The zero-order chi connectivity index (χ0) is 20.1. The van der Waals surface area contributed by atoms with Crippen LogP contribution in [0.4, 0.5) is 0 Å². The minimum absolute atomic E-state index is 0. The maximum Gasteiger partial charge on any atom is -1.00 e. The van der Waals surface area contributed by atoms with Crippen LogP contribution in [0.3, 0.4) is 0 Å². The summed E-state index contributed by atoms with van der Waals surface area (Å²) < 4.78 is 1.77. The Kier molecular flexibility index (Phi) is 8.92. The molecular weight excluding hydrogens is 593 g/mol. The van der Waals surface area contributed by atoms with Crippen LogP contribution in [0.2, 0.25) is 3.67 Å². The Balaban J connectivity index is 0.00000160. The second-order valence-corrected chi connectivity index (χ2v) is 20.3. The molecule has 1 fully saturated rings. The Morgan fingerprint density at radius 3 is 2.27 bits per heavy atom. The van der Waals surface area contributed by atoms with Crippen molar-refractivity contribution in [2.75, 3.05) is 0 Å². The summed E-state index contributed by atoms with van der Waals surface area (Å²) in [7, 11) is -0.193. The van der Waals surface area contributed by atoms with Crippen molar-refractivity contribution in [1.82, 2.24) is 0 Å². The fourth-order valence-corrected chi connectivity index (χ4v) is 19.0. The van der Waals surface area contributed by atoms with Crippen molar-refractivity contribution >= 4 is 14.0 Å². The number of halogens is 2. The van der Waals surface area contributed by atoms with Crippen molar-refractivity contribution < 1.29 is 47.7 Å². The van der Waals surface area contributed by atoms with Gasteiger partial charge in [-0.1, -0.05) is 0 Å². The predicted octanol–water partition coefficient (Wildman–Crippen LogP) is 2.34. The zero-order valence-electron chi connectivity index (χ0n) is 19.2. The second kappa shape index (κ2) is 10.1. The average Bonchev–Trinajstić information content (AvgIpc) is 3.15. The van der Waals surface area contributed by atoms with E-state index >= 15 is 0 Å². The zero-order valence-corrected chi connectivity index (χ0v) is 25.2. The number of allylic oxidation sites excluding steroid dienone is 5. The summed E-state index contributed by atoms with van der Waals surface area (Å²) in [6.45, 7) is 14.9. The van der Waals surface area contributed by atoms with Gasteiger partial charge in [-0.15, -0.1) is 0 Å². The summed E-state index contributed by atoms with van der Waals surface area (Å²) >= 11 is -0.903. The first kappa shape index (κ1) is 26.6. The van der Waals surface area contributed by atoms with E-state index in [1.807, 2.05) is 10.9 Å². The standard InChI is InChI=1S/C17H24P.C9H11.2ClH.Hf/c1-16(2,3)18(17(4,5)6)15-11-13-9-7-8-10-14(13)12-15;1-2-5-9-7-3-6-8(9)4-1;;;/h7-12H,1-6H3;1-2,4,6,9H,3,5,7H2;2*1H;/q;;;;+2/p-2. The normalized spacial score (nSPS) is 24.8. The van der Waals surface area contributed by atoms with Crippen LogP contribution in [-0.2, 0) is 22.9 Å². The summed E-state index contributed by atoms with van der Waals surface area (Å²) in [4.78, 5) is 0. The van der Waals surface area contributed by atoms with E-state index in [1.54, 1.807) is 5.56 Å². The maximum atomic E-state index is 2.64. The van der Waals surface area contributed by atoms with Gasteiger partial charge >= 0.3 is 186 Å². The molecule has 1 saturated carbocycles. The van der Waals surface area contributed by atoms with Crippen LogP contribution in [-0.4, -0.2) is 10.3 Å². The van der Waals surface area contributed by atoms with E-state index in [0.29, 0.717) is 10.3 Å². The molecule has 0 nitrogen and oxygen atoms in total. The third-order valence-corrected chi connectivity index (χ3v) is 18.0. The van der Waals surface area contributed by atoms with Crippen molar-refractivity contribution in [2.24, 2.45) is 5.92 Å². The van der Waals surface area contributed by atoms with Crippen LogP contribution in [0.5, 0.6) is 0 Å². The first-order valence-corrected chi connectivity index (χ1v) is 16.4. The molecule has 3 aliphatic carbocycles. The number of benzene rings is 1. The molecule has 3 unspecified atom stereocenters. The molecule has 0 aromatic heterocycles. The van der Waals surface area contributed by atoms with Crippen LogP contribution >= 0.6 is 7.92 Å². The van der Waals surface area contributed by atoms with Gasteiger partial charge < -0.3 is 24.8 Å². The van der Waals surface area contributed by atoms with Gasteiger partial charge in [0.15, 0.2) is 0 Å². The van der Waals surface area contributed by atoms with Crippen LogP contribution < -0.4 is 24.8 Å². The Hall–Kier alpha value is 0.320. The van der Waals surface area contributed by atoms with Crippen LogP contribution in [0.1, 0.15) is 75.6 Å². The van der Waals surface area contributed by atoms with Gasteiger partial charge in [-0.05, 0) is 0 Å².